The molecule has 0 aromatic heterocycles. The summed E-state index contributed by atoms with van der Waals surface area (Å²) in [6.45, 7) is 2.08. The fourth-order valence-corrected chi connectivity index (χ4v) is 1.51. The maximum Gasteiger partial charge on any atom is 0.468 e. The molecule has 0 radical (unpaired) electrons. The first-order valence-electron chi connectivity index (χ1n) is 6.03. The van der Waals surface area contributed by atoms with E-state index < -0.39 is 57.9 Å². The summed E-state index contributed by atoms with van der Waals surface area (Å²) in [6.07, 6.45) is -7.84. The zero-order chi connectivity index (χ0) is 20.3. The lowest BCUT2D eigenvalue weighted by molar-refractivity contribution is -0.355. The molecule has 0 aliphatic rings. The van der Waals surface area contributed by atoms with Crippen molar-refractivity contribution in [3.05, 3.63) is 12.2 Å². The summed E-state index contributed by atoms with van der Waals surface area (Å²) in [6, 6.07) is 0. The molecule has 8 nitrogen and oxygen atoms in total. The first-order chi connectivity index (χ1) is 11.0. The fraction of sp³-hybridized carbons (Fsp3) is 0.636. The number of halogens is 5. The van der Waals surface area contributed by atoms with Crippen molar-refractivity contribution in [3.8, 4) is 0 Å². The number of alkyl halides is 5. The molecule has 0 amide bonds. The molecule has 0 rings (SSSR count). The number of methoxy groups -OCH3 is 1. The highest BCUT2D eigenvalue weighted by atomic mass is 32.2. The first kappa shape index (κ1) is 23.2. The third kappa shape index (κ3) is 5.34. The van der Waals surface area contributed by atoms with Crippen LogP contribution in [0.1, 0.15) is 13.3 Å². The van der Waals surface area contributed by atoms with Gasteiger partial charge >= 0.3 is 29.2 Å². The molecule has 0 spiro atoms. The molecule has 25 heavy (non-hydrogen) atoms. The van der Waals surface area contributed by atoms with Gasteiger partial charge in [0.25, 0.3) is 0 Å². The third-order valence-corrected chi connectivity index (χ3v) is 3.41. The summed E-state index contributed by atoms with van der Waals surface area (Å²) in [5.74, 6) is -8.56. The van der Waals surface area contributed by atoms with E-state index in [1.165, 1.54) is 0 Å². The Kier molecular flexibility index (Phi) is 7.07. The number of rotatable bonds is 8. The Morgan fingerprint density at radius 3 is 1.96 bits per heavy atom. The number of ether oxygens (including phenoxy) is 3. The summed E-state index contributed by atoms with van der Waals surface area (Å²) in [4.78, 5) is 22.8. The van der Waals surface area contributed by atoms with E-state index in [-0.39, 0.29) is 0 Å². The van der Waals surface area contributed by atoms with Crippen molar-refractivity contribution >= 4 is 22.1 Å². The minimum absolute atomic E-state index is 0.456. The van der Waals surface area contributed by atoms with E-state index in [1.807, 2.05) is 0 Å². The zero-order valence-electron chi connectivity index (χ0n) is 12.7. The Morgan fingerprint density at radius 2 is 1.64 bits per heavy atom. The number of hydrogen-bond donors (Lipinski definition) is 0. The van der Waals surface area contributed by atoms with Crippen molar-refractivity contribution in [3.63, 3.8) is 0 Å². The largest absolute Gasteiger partial charge is 0.743 e. The lowest BCUT2D eigenvalue weighted by Crippen LogP contribution is -2.58. The van der Waals surface area contributed by atoms with E-state index in [2.05, 4.69) is 20.8 Å². The highest BCUT2D eigenvalue weighted by Crippen LogP contribution is 2.37. The zero-order valence-corrected chi connectivity index (χ0v) is 13.5. The van der Waals surface area contributed by atoms with Crippen molar-refractivity contribution in [2.45, 2.75) is 30.6 Å². The summed E-state index contributed by atoms with van der Waals surface area (Å²) in [5, 5.41) is -4.99. The van der Waals surface area contributed by atoms with Crippen LogP contribution in [0.5, 0.6) is 0 Å². The molecular weight excluding hydrogens is 387 g/mol. The molecule has 0 aromatic carbocycles. The Hall–Kier alpha value is -1.80. The topological polar surface area (TPSA) is 119 Å². The minimum Gasteiger partial charge on any atom is -0.743 e. The lowest BCUT2D eigenvalue weighted by atomic mass is 10.2. The van der Waals surface area contributed by atoms with E-state index in [0.29, 0.717) is 7.11 Å². The van der Waals surface area contributed by atoms with E-state index in [9.17, 15) is 44.5 Å². The second-order valence-electron chi connectivity index (χ2n) is 4.47. The van der Waals surface area contributed by atoms with Crippen LogP contribution in [0, 0.1) is 0 Å². The van der Waals surface area contributed by atoms with Gasteiger partial charge in [0, 0.05) is 12.0 Å². The van der Waals surface area contributed by atoms with Crippen LogP contribution in [0.25, 0.3) is 0 Å². The van der Waals surface area contributed by atoms with Crippen LogP contribution in [0.15, 0.2) is 12.2 Å². The molecule has 1 atom stereocenters. The molecule has 1 unspecified atom stereocenters. The van der Waals surface area contributed by atoms with Gasteiger partial charge in [-0.1, -0.05) is 6.58 Å². The molecular formula is C11H12F5O8S-. The molecule has 146 valence electrons. The van der Waals surface area contributed by atoms with E-state index in [1.54, 1.807) is 0 Å². The van der Waals surface area contributed by atoms with Crippen LogP contribution in [0.3, 0.4) is 0 Å². The van der Waals surface area contributed by atoms with Crippen molar-refractivity contribution in [1.82, 2.24) is 0 Å². The lowest BCUT2D eigenvalue weighted by Gasteiger charge is -2.32. The minimum atomic E-state index is -6.20. The first-order valence-corrected chi connectivity index (χ1v) is 7.44. The quantitative estimate of drug-likeness (QED) is 0.196. The van der Waals surface area contributed by atoms with Crippen LogP contribution in [-0.2, 0) is 33.9 Å². The number of carbonyl (C=O) groups is 2. The normalized spacial score (nSPS) is 15.2. The van der Waals surface area contributed by atoms with E-state index in [4.69, 9.17) is 0 Å². The van der Waals surface area contributed by atoms with Gasteiger partial charge in [-0.25, -0.2) is 18.0 Å². The maximum atomic E-state index is 13.2. The average Bonchev–Trinajstić information content (AvgIpc) is 2.42. The van der Waals surface area contributed by atoms with Crippen molar-refractivity contribution < 1.29 is 58.7 Å². The number of hydrogen-bond acceptors (Lipinski definition) is 8. The van der Waals surface area contributed by atoms with Crippen molar-refractivity contribution in [1.29, 1.82) is 0 Å². The second kappa shape index (κ2) is 7.61. The van der Waals surface area contributed by atoms with Gasteiger partial charge in [-0.05, 0) is 6.92 Å². The molecule has 0 aromatic rings. The van der Waals surface area contributed by atoms with Crippen LogP contribution in [0.2, 0.25) is 0 Å². The Balaban J connectivity index is 5.71. The summed E-state index contributed by atoms with van der Waals surface area (Å²) >= 11 is 0. The maximum absolute atomic E-state index is 13.2. The van der Waals surface area contributed by atoms with Gasteiger partial charge in [-0.15, -0.1) is 0 Å². The van der Waals surface area contributed by atoms with Gasteiger partial charge in [0.15, 0.2) is 10.1 Å². The van der Waals surface area contributed by atoms with Crippen LogP contribution >= 0.6 is 0 Å². The molecule has 0 aliphatic carbocycles. The average molecular weight is 399 g/mol. The molecule has 0 aliphatic heterocycles. The predicted octanol–water partition coefficient (Wildman–Crippen LogP) is 1.08. The van der Waals surface area contributed by atoms with Gasteiger partial charge in [0.05, 0.1) is 13.7 Å². The second-order valence-corrected chi connectivity index (χ2v) is 5.97. The SMILES string of the molecule is C=C(C)C(=O)OC(OCCC(F)(F)S(=O)(=O)[O-])(C(=O)OC)C(F)(F)F. The van der Waals surface area contributed by atoms with Crippen LogP contribution < -0.4 is 0 Å². The van der Waals surface area contributed by atoms with Crippen LogP contribution in [0.4, 0.5) is 22.0 Å². The summed E-state index contributed by atoms with van der Waals surface area (Å²) < 4.78 is 108. The van der Waals surface area contributed by atoms with Crippen molar-refractivity contribution in [2.24, 2.45) is 0 Å². The van der Waals surface area contributed by atoms with Gasteiger partial charge < -0.3 is 18.8 Å². The Bertz CT molecular complexity index is 641. The van der Waals surface area contributed by atoms with Gasteiger partial charge in [0.2, 0.25) is 0 Å². The van der Waals surface area contributed by atoms with Crippen LogP contribution in [-0.4, -0.2) is 55.8 Å². The third-order valence-electron chi connectivity index (χ3n) is 2.48. The standard InChI is InChI=1S/C11H13F5O8S/c1-6(2)7(17)24-10(8(18)22-3,11(14,15)16)23-5-4-9(12,13)25(19,20)21/h1,4-5H2,2-3H3,(H,19,20,21)/p-1. The van der Waals surface area contributed by atoms with E-state index >= 15 is 0 Å². The Labute approximate surface area is 138 Å². The summed E-state index contributed by atoms with van der Waals surface area (Å²) in [5.41, 5.74) is -0.603. The fourth-order valence-electron chi connectivity index (χ4n) is 1.18. The molecule has 0 N–H and O–H groups in total. The highest BCUT2D eigenvalue weighted by molar-refractivity contribution is 7.86. The molecule has 14 heteroatoms. The molecule has 0 saturated heterocycles. The summed E-state index contributed by atoms with van der Waals surface area (Å²) in [7, 11) is -5.74. The van der Waals surface area contributed by atoms with Gasteiger partial charge in [0.1, 0.15) is 0 Å². The molecule has 0 heterocycles. The Morgan fingerprint density at radius 1 is 1.16 bits per heavy atom. The molecule has 0 saturated carbocycles. The molecule has 0 fully saturated rings. The van der Waals surface area contributed by atoms with Gasteiger partial charge in [-0.2, -0.15) is 22.0 Å². The molecule has 0 bridgehead atoms. The van der Waals surface area contributed by atoms with Gasteiger partial charge in [-0.3, -0.25) is 0 Å². The smallest absolute Gasteiger partial charge is 0.468 e. The van der Waals surface area contributed by atoms with Crippen molar-refractivity contribution in [2.75, 3.05) is 13.7 Å². The highest BCUT2D eigenvalue weighted by Gasteiger charge is 2.67. The number of esters is 2. The van der Waals surface area contributed by atoms with E-state index in [0.717, 1.165) is 6.92 Å². The number of carbonyl (C=O) groups excluding carboxylic acids is 2. The monoisotopic (exact) mass is 399 g/mol. The predicted molar refractivity (Wildman–Crippen MR) is 66.9 cm³/mol.